The summed E-state index contributed by atoms with van der Waals surface area (Å²) in [6, 6.07) is 7.32. The van der Waals surface area contributed by atoms with Crippen molar-refractivity contribution in [2.24, 2.45) is 0 Å². The first-order valence-corrected chi connectivity index (χ1v) is 10.9. The number of piperidine rings is 1. The lowest BCUT2D eigenvalue weighted by Gasteiger charge is -2.46. The summed E-state index contributed by atoms with van der Waals surface area (Å²) < 4.78 is 17.4. The van der Waals surface area contributed by atoms with Crippen LogP contribution in [0.1, 0.15) is 37.0 Å². The standard InChI is InChI=1S/C22H30N4O4.ClH/c1-13-9-28-10-14(2)26(13)22-24-20-18(5-4-6-19(20)30-22)21(27)23-15-7-16-11-29-12-17(8-15)25(16)3;/h4-6,13-17H,7-12H2,1-3H3,(H,23,27);1H/t13-,14-,15?,16?,17?;/m0./s1. The van der Waals surface area contributed by atoms with Gasteiger partial charge in [-0.15, -0.1) is 12.4 Å². The summed E-state index contributed by atoms with van der Waals surface area (Å²) in [5, 5.41) is 3.25. The van der Waals surface area contributed by atoms with Crippen molar-refractivity contribution in [2.45, 2.75) is 56.9 Å². The van der Waals surface area contributed by atoms with E-state index in [2.05, 4.69) is 36.0 Å². The van der Waals surface area contributed by atoms with Gasteiger partial charge in [0.1, 0.15) is 5.52 Å². The highest BCUT2D eigenvalue weighted by Crippen LogP contribution is 2.30. The van der Waals surface area contributed by atoms with Gasteiger partial charge in [-0.2, -0.15) is 4.98 Å². The Morgan fingerprint density at radius 1 is 1.06 bits per heavy atom. The number of fused-ring (bicyclic) bond motifs is 3. The SMILES string of the molecule is C[C@H]1COC[C@H](C)N1c1nc2c(C(=O)NC3CC4COCC(C3)N4C)cccc2o1.Cl. The van der Waals surface area contributed by atoms with Crippen molar-refractivity contribution in [3.8, 4) is 0 Å². The topological polar surface area (TPSA) is 80.1 Å². The van der Waals surface area contributed by atoms with Crippen LogP contribution < -0.4 is 10.2 Å². The highest BCUT2D eigenvalue weighted by atomic mass is 35.5. The molecule has 0 spiro atoms. The molecular weight excluding hydrogens is 420 g/mol. The number of ether oxygens (including phenoxy) is 2. The van der Waals surface area contributed by atoms with Crippen molar-refractivity contribution < 1.29 is 18.7 Å². The quantitative estimate of drug-likeness (QED) is 0.769. The number of anilines is 1. The first-order valence-electron chi connectivity index (χ1n) is 10.9. The van der Waals surface area contributed by atoms with Crippen LogP contribution in [-0.2, 0) is 9.47 Å². The molecular formula is C22H31ClN4O4. The largest absolute Gasteiger partial charge is 0.423 e. The normalized spacial score (nSPS) is 31.3. The molecule has 3 aliphatic heterocycles. The summed E-state index contributed by atoms with van der Waals surface area (Å²) in [6.07, 6.45) is 1.81. The minimum absolute atomic E-state index is 0. The fraction of sp³-hybridized carbons (Fsp3) is 0.636. The molecule has 3 fully saturated rings. The van der Waals surface area contributed by atoms with E-state index in [1.165, 1.54) is 0 Å². The minimum atomic E-state index is -0.0860. The van der Waals surface area contributed by atoms with E-state index in [1.54, 1.807) is 0 Å². The molecule has 2 unspecified atom stereocenters. The second-order valence-electron chi connectivity index (χ2n) is 8.94. The molecule has 31 heavy (non-hydrogen) atoms. The number of carbonyl (C=O) groups is 1. The van der Waals surface area contributed by atoms with Crippen LogP contribution in [0.3, 0.4) is 0 Å². The monoisotopic (exact) mass is 450 g/mol. The Hall–Kier alpha value is -1.87. The van der Waals surface area contributed by atoms with E-state index < -0.39 is 0 Å². The molecule has 170 valence electrons. The molecule has 8 nitrogen and oxygen atoms in total. The number of benzene rings is 1. The maximum absolute atomic E-state index is 13.2. The van der Waals surface area contributed by atoms with Crippen LogP contribution >= 0.6 is 12.4 Å². The molecule has 5 rings (SSSR count). The van der Waals surface area contributed by atoms with E-state index in [-0.39, 0.29) is 36.4 Å². The van der Waals surface area contributed by atoms with Crippen LogP contribution in [0.25, 0.3) is 11.1 Å². The van der Waals surface area contributed by atoms with Crippen molar-refractivity contribution >= 4 is 35.4 Å². The van der Waals surface area contributed by atoms with Crippen LogP contribution in [0.5, 0.6) is 0 Å². The van der Waals surface area contributed by atoms with Crippen molar-refractivity contribution in [2.75, 3.05) is 38.4 Å². The predicted octanol–water partition coefficient (Wildman–Crippen LogP) is 2.45. The number of hydrogen-bond donors (Lipinski definition) is 1. The molecule has 4 atom stereocenters. The number of aromatic nitrogens is 1. The van der Waals surface area contributed by atoms with Gasteiger partial charge in [-0.3, -0.25) is 9.69 Å². The average Bonchev–Trinajstić information content (AvgIpc) is 3.12. The van der Waals surface area contributed by atoms with Gasteiger partial charge in [-0.1, -0.05) is 6.07 Å². The van der Waals surface area contributed by atoms with Crippen LogP contribution in [0.2, 0.25) is 0 Å². The molecule has 0 radical (unpaired) electrons. The lowest BCUT2D eigenvalue weighted by Crippen LogP contribution is -2.59. The molecule has 1 aromatic carbocycles. The fourth-order valence-corrected chi connectivity index (χ4v) is 5.09. The Kier molecular flexibility index (Phi) is 6.44. The summed E-state index contributed by atoms with van der Waals surface area (Å²) in [6.45, 7) is 6.93. The Balaban J connectivity index is 0.00000231. The van der Waals surface area contributed by atoms with Crippen LogP contribution in [-0.4, -0.2) is 79.5 Å². The van der Waals surface area contributed by atoms with Crippen LogP contribution in [0.4, 0.5) is 6.01 Å². The average molecular weight is 451 g/mol. The maximum atomic E-state index is 13.2. The lowest BCUT2D eigenvalue weighted by atomic mass is 9.90. The zero-order chi connectivity index (χ0) is 20.8. The number of nitrogens with zero attached hydrogens (tertiary/aromatic N) is 3. The molecule has 1 amide bonds. The van der Waals surface area contributed by atoms with Gasteiger partial charge in [0.25, 0.3) is 11.9 Å². The Morgan fingerprint density at radius 3 is 2.39 bits per heavy atom. The third-order valence-corrected chi connectivity index (χ3v) is 6.76. The third kappa shape index (κ3) is 4.14. The first kappa shape index (κ1) is 22.3. The molecule has 1 aromatic heterocycles. The number of likely N-dealkylation sites (N-methyl/N-ethyl adjacent to an activating group) is 1. The Labute approximate surface area is 188 Å². The third-order valence-electron chi connectivity index (χ3n) is 6.76. The number of hydrogen-bond acceptors (Lipinski definition) is 7. The van der Waals surface area contributed by atoms with Crippen LogP contribution in [0, 0.1) is 0 Å². The zero-order valence-electron chi connectivity index (χ0n) is 18.2. The van der Waals surface area contributed by atoms with E-state index in [0.29, 0.717) is 48.0 Å². The Bertz CT molecular complexity index is 913. The first-order chi connectivity index (χ1) is 14.5. The molecule has 3 aliphatic rings. The van der Waals surface area contributed by atoms with Gasteiger partial charge in [0, 0.05) is 18.1 Å². The highest BCUT2D eigenvalue weighted by molar-refractivity contribution is 6.04. The number of amides is 1. The smallest absolute Gasteiger partial charge is 0.299 e. The van der Waals surface area contributed by atoms with Crippen LogP contribution in [0.15, 0.2) is 22.6 Å². The highest BCUT2D eigenvalue weighted by Gasteiger charge is 2.37. The van der Waals surface area contributed by atoms with E-state index in [0.717, 1.165) is 26.1 Å². The van der Waals surface area contributed by atoms with E-state index >= 15 is 0 Å². The summed E-state index contributed by atoms with van der Waals surface area (Å²) >= 11 is 0. The number of nitrogens with one attached hydrogen (secondary N) is 1. The molecule has 4 heterocycles. The van der Waals surface area contributed by atoms with E-state index in [4.69, 9.17) is 18.9 Å². The van der Waals surface area contributed by atoms with Gasteiger partial charge < -0.3 is 24.1 Å². The predicted molar refractivity (Wildman–Crippen MR) is 120 cm³/mol. The molecule has 1 N–H and O–H groups in total. The minimum Gasteiger partial charge on any atom is -0.423 e. The molecule has 3 saturated heterocycles. The van der Waals surface area contributed by atoms with Gasteiger partial charge in [-0.05, 0) is 45.9 Å². The van der Waals surface area contributed by atoms with E-state index in [9.17, 15) is 4.79 Å². The summed E-state index contributed by atoms with van der Waals surface area (Å²) in [5.74, 6) is -0.0860. The lowest BCUT2D eigenvalue weighted by molar-refractivity contribution is -0.0670. The van der Waals surface area contributed by atoms with Gasteiger partial charge in [0.05, 0.1) is 44.1 Å². The Morgan fingerprint density at radius 2 is 1.71 bits per heavy atom. The number of halogens is 1. The second kappa shape index (κ2) is 8.94. The molecule has 0 aliphatic carbocycles. The van der Waals surface area contributed by atoms with Gasteiger partial charge in [0.15, 0.2) is 5.58 Å². The summed E-state index contributed by atoms with van der Waals surface area (Å²) in [5.41, 5.74) is 1.82. The number of rotatable bonds is 3. The molecule has 2 bridgehead atoms. The van der Waals surface area contributed by atoms with Gasteiger partial charge in [0.2, 0.25) is 0 Å². The number of morpholine rings is 2. The maximum Gasteiger partial charge on any atom is 0.299 e. The van der Waals surface area contributed by atoms with Crippen molar-refractivity contribution in [1.82, 2.24) is 15.2 Å². The second-order valence-corrected chi connectivity index (χ2v) is 8.94. The number of carbonyl (C=O) groups excluding carboxylic acids is 1. The summed E-state index contributed by atoms with van der Waals surface area (Å²) in [4.78, 5) is 22.4. The van der Waals surface area contributed by atoms with E-state index in [1.807, 2.05) is 18.2 Å². The zero-order valence-corrected chi connectivity index (χ0v) is 19.1. The van der Waals surface area contributed by atoms with Gasteiger partial charge in [-0.25, -0.2) is 0 Å². The molecule has 0 saturated carbocycles. The van der Waals surface area contributed by atoms with Crippen molar-refractivity contribution in [3.05, 3.63) is 23.8 Å². The van der Waals surface area contributed by atoms with Crippen molar-refractivity contribution in [1.29, 1.82) is 0 Å². The van der Waals surface area contributed by atoms with Gasteiger partial charge >= 0.3 is 0 Å². The van der Waals surface area contributed by atoms with Crippen molar-refractivity contribution in [3.63, 3.8) is 0 Å². The molecule has 9 heteroatoms. The number of oxazole rings is 1. The fourth-order valence-electron chi connectivity index (χ4n) is 5.09. The molecule has 2 aromatic rings. The summed E-state index contributed by atoms with van der Waals surface area (Å²) in [7, 11) is 2.15. The number of para-hydroxylation sites is 1.